The molecular formula is C10H16BrNO3. The number of carbonyl (C=O) groups excluding carboxylic acids is 2. The zero-order chi connectivity index (χ0) is 11.7. The smallest absolute Gasteiger partial charge is 0.305 e. The third kappa shape index (κ3) is 8.17. The van der Waals surface area contributed by atoms with Gasteiger partial charge in [0, 0.05) is 13.0 Å². The molecule has 0 atom stereocenters. The third-order valence-corrected chi connectivity index (χ3v) is 2.18. The maximum Gasteiger partial charge on any atom is 0.305 e. The summed E-state index contributed by atoms with van der Waals surface area (Å²) in [5, 5.41) is 2.68. The van der Waals surface area contributed by atoms with Crippen LogP contribution in [0, 0.1) is 0 Å². The number of rotatable bonds is 7. The molecule has 0 heterocycles. The summed E-state index contributed by atoms with van der Waals surface area (Å²) in [7, 11) is 1.38. The molecule has 5 heteroatoms. The van der Waals surface area contributed by atoms with E-state index in [0.717, 1.165) is 19.3 Å². The second-order valence-corrected chi connectivity index (χ2v) is 4.00. The molecule has 0 aromatic heterocycles. The van der Waals surface area contributed by atoms with Crippen molar-refractivity contribution < 1.29 is 14.3 Å². The van der Waals surface area contributed by atoms with Crippen LogP contribution in [0.1, 0.15) is 25.7 Å². The van der Waals surface area contributed by atoms with Gasteiger partial charge >= 0.3 is 5.97 Å². The molecule has 0 unspecified atom stereocenters. The van der Waals surface area contributed by atoms with E-state index in [1.54, 1.807) is 0 Å². The van der Waals surface area contributed by atoms with Crippen molar-refractivity contribution >= 4 is 27.8 Å². The van der Waals surface area contributed by atoms with Gasteiger partial charge in [0.2, 0.25) is 0 Å². The highest BCUT2D eigenvalue weighted by Gasteiger charge is 2.02. The van der Waals surface area contributed by atoms with E-state index in [9.17, 15) is 9.59 Å². The van der Waals surface area contributed by atoms with Crippen LogP contribution in [0.3, 0.4) is 0 Å². The second kappa shape index (κ2) is 8.47. The van der Waals surface area contributed by atoms with Gasteiger partial charge in [-0.15, -0.1) is 0 Å². The van der Waals surface area contributed by atoms with Gasteiger partial charge in [-0.25, -0.2) is 0 Å². The molecule has 0 radical (unpaired) electrons. The fourth-order valence-electron chi connectivity index (χ4n) is 0.971. The number of halogens is 1. The molecule has 86 valence electrons. The van der Waals surface area contributed by atoms with Gasteiger partial charge in [-0.1, -0.05) is 13.0 Å². The summed E-state index contributed by atoms with van der Waals surface area (Å²) in [5.74, 6) is -0.379. The van der Waals surface area contributed by atoms with Crippen molar-refractivity contribution in [2.75, 3.05) is 13.7 Å². The van der Waals surface area contributed by atoms with Crippen LogP contribution in [0.5, 0.6) is 0 Å². The summed E-state index contributed by atoms with van der Waals surface area (Å²) in [5.41, 5.74) is 0. The lowest BCUT2D eigenvalue weighted by atomic mass is 10.2. The Bertz CT molecular complexity index is 241. The summed E-state index contributed by atoms with van der Waals surface area (Å²) >= 11 is 2.98. The molecule has 0 aliphatic carbocycles. The second-order valence-electron chi connectivity index (χ2n) is 3.05. The summed E-state index contributed by atoms with van der Waals surface area (Å²) in [6.07, 6.45) is 2.97. The molecule has 0 bridgehead atoms. The molecule has 0 aliphatic heterocycles. The van der Waals surface area contributed by atoms with E-state index in [4.69, 9.17) is 0 Å². The lowest BCUT2D eigenvalue weighted by Gasteiger charge is -2.03. The molecule has 0 aliphatic rings. The molecule has 0 aromatic carbocycles. The zero-order valence-electron chi connectivity index (χ0n) is 8.85. The number of methoxy groups -OCH3 is 1. The van der Waals surface area contributed by atoms with Gasteiger partial charge < -0.3 is 10.1 Å². The van der Waals surface area contributed by atoms with E-state index in [1.165, 1.54) is 7.11 Å². The van der Waals surface area contributed by atoms with Gasteiger partial charge in [-0.05, 0) is 28.8 Å². The molecule has 0 saturated carbocycles. The topological polar surface area (TPSA) is 55.4 Å². The fraction of sp³-hybridized carbons (Fsp3) is 0.600. The Hall–Kier alpha value is -0.840. The van der Waals surface area contributed by atoms with Crippen molar-refractivity contribution in [3.63, 3.8) is 0 Å². The summed E-state index contributed by atoms with van der Waals surface area (Å²) in [6, 6.07) is 0. The highest BCUT2D eigenvalue weighted by Crippen LogP contribution is 2.02. The first-order valence-corrected chi connectivity index (χ1v) is 5.56. The van der Waals surface area contributed by atoms with Gasteiger partial charge in [0.15, 0.2) is 0 Å². The molecule has 1 N–H and O–H groups in total. The van der Waals surface area contributed by atoms with Crippen molar-refractivity contribution in [2.45, 2.75) is 25.7 Å². The van der Waals surface area contributed by atoms with Crippen LogP contribution in [-0.4, -0.2) is 25.5 Å². The van der Waals surface area contributed by atoms with E-state index < -0.39 is 0 Å². The Morgan fingerprint density at radius 1 is 1.33 bits per heavy atom. The number of unbranched alkanes of at least 4 members (excludes halogenated alkanes) is 2. The Kier molecular flexibility index (Phi) is 7.99. The molecule has 15 heavy (non-hydrogen) atoms. The summed E-state index contributed by atoms with van der Waals surface area (Å²) in [6.45, 7) is 4.05. The lowest BCUT2D eigenvalue weighted by molar-refractivity contribution is -0.140. The highest BCUT2D eigenvalue weighted by atomic mass is 79.9. The van der Waals surface area contributed by atoms with Gasteiger partial charge in [-0.3, -0.25) is 9.59 Å². The summed E-state index contributed by atoms with van der Waals surface area (Å²) in [4.78, 5) is 21.7. The van der Waals surface area contributed by atoms with Crippen LogP contribution in [0.2, 0.25) is 0 Å². The largest absolute Gasteiger partial charge is 0.469 e. The van der Waals surface area contributed by atoms with Crippen LogP contribution in [0.25, 0.3) is 0 Å². The van der Waals surface area contributed by atoms with E-state index in [1.807, 2.05) is 0 Å². The minimum absolute atomic E-state index is 0.187. The standard InChI is InChI=1S/C10H16BrNO3/c1-8(11)10(14)12-7-5-3-4-6-9(13)15-2/h1,3-7H2,2H3,(H,12,14). The van der Waals surface area contributed by atoms with E-state index in [2.05, 4.69) is 32.6 Å². The zero-order valence-corrected chi connectivity index (χ0v) is 10.4. The predicted molar refractivity (Wildman–Crippen MR) is 61.6 cm³/mol. The highest BCUT2D eigenvalue weighted by molar-refractivity contribution is 9.12. The van der Waals surface area contributed by atoms with Crippen LogP contribution >= 0.6 is 15.9 Å². The predicted octanol–water partition coefficient (Wildman–Crippen LogP) is 1.74. The molecule has 0 rings (SSSR count). The van der Waals surface area contributed by atoms with Crippen molar-refractivity contribution in [1.82, 2.24) is 5.32 Å². The van der Waals surface area contributed by atoms with Crippen molar-refractivity contribution in [1.29, 1.82) is 0 Å². The van der Waals surface area contributed by atoms with Crippen LogP contribution in [-0.2, 0) is 14.3 Å². The summed E-state index contributed by atoms with van der Waals surface area (Å²) < 4.78 is 4.83. The van der Waals surface area contributed by atoms with Gasteiger partial charge in [0.1, 0.15) is 0 Å². The van der Waals surface area contributed by atoms with Crippen molar-refractivity contribution in [3.05, 3.63) is 11.1 Å². The van der Waals surface area contributed by atoms with E-state index in [-0.39, 0.29) is 11.9 Å². The molecule has 0 fully saturated rings. The van der Waals surface area contributed by atoms with E-state index >= 15 is 0 Å². The number of hydrogen-bond acceptors (Lipinski definition) is 3. The minimum Gasteiger partial charge on any atom is -0.469 e. The number of esters is 1. The quantitative estimate of drug-likeness (QED) is 0.438. The average molecular weight is 278 g/mol. The van der Waals surface area contributed by atoms with Crippen LogP contribution < -0.4 is 5.32 Å². The lowest BCUT2D eigenvalue weighted by Crippen LogP contribution is -2.23. The molecule has 4 nitrogen and oxygen atoms in total. The van der Waals surface area contributed by atoms with Crippen molar-refractivity contribution in [2.24, 2.45) is 0 Å². The molecular weight excluding hydrogens is 262 g/mol. The monoisotopic (exact) mass is 277 g/mol. The van der Waals surface area contributed by atoms with E-state index in [0.29, 0.717) is 17.4 Å². The van der Waals surface area contributed by atoms with Gasteiger partial charge in [0.25, 0.3) is 5.91 Å². The van der Waals surface area contributed by atoms with Crippen molar-refractivity contribution in [3.8, 4) is 0 Å². The Morgan fingerprint density at radius 3 is 2.53 bits per heavy atom. The molecule has 0 spiro atoms. The number of ether oxygens (including phenoxy) is 1. The van der Waals surface area contributed by atoms with Crippen LogP contribution in [0.4, 0.5) is 0 Å². The first kappa shape index (κ1) is 14.2. The normalized spacial score (nSPS) is 9.47. The fourth-order valence-corrected chi connectivity index (χ4v) is 1.11. The first-order chi connectivity index (χ1) is 7.07. The van der Waals surface area contributed by atoms with Gasteiger partial charge in [-0.2, -0.15) is 0 Å². The Balaban J connectivity index is 3.29. The van der Waals surface area contributed by atoms with Gasteiger partial charge in [0.05, 0.1) is 11.6 Å². The maximum atomic E-state index is 11.0. The number of amides is 1. The molecule has 0 aromatic rings. The Morgan fingerprint density at radius 2 is 2.00 bits per heavy atom. The SMILES string of the molecule is C=C(Br)C(=O)NCCCCCC(=O)OC. The molecule has 0 saturated heterocycles. The minimum atomic E-state index is -0.192. The third-order valence-electron chi connectivity index (χ3n) is 1.82. The average Bonchev–Trinajstić information content (AvgIpc) is 2.22. The molecule has 1 amide bonds. The number of hydrogen-bond donors (Lipinski definition) is 1. The number of carbonyl (C=O) groups is 2. The Labute approximate surface area is 98.2 Å². The van der Waals surface area contributed by atoms with Crippen LogP contribution in [0.15, 0.2) is 11.1 Å². The first-order valence-electron chi connectivity index (χ1n) is 4.77. The number of nitrogens with one attached hydrogen (secondary N) is 1. The maximum absolute atomic E-state index is 11.0.